The second kappa shape index (κ2) is 5.52. The minimum absolute atomic E-state index is 0.0878. The lowest BCUT2D eigenvalue weighted by molar-refractivity contribution is -0.133. The van der Waals surface area contributed by atoms with Crippen LogP contribution in [0.2, 0.25) is 0 Å². The number of hydrogen-bond acceptors (Lipinski definition) is 4. The van der Waals surface area contributed by atoms with Gasteiger partial charge in [0.05, 0.1) is 5.25 Å². The van der Waals surface area contributed by atoms with Gasteiger partial charge < -0.3 is 5.73 Å². The summed E-state index contributed by atoms with van der Waals surface area (Å²) in [6.45, 7) is 0.422. The van der Waals surface area contributed by atoms with Crippen molar-refractivity contribution in [3.63, 3.8) is 0 Å². The Morgan fingerprint density at radius 3 is 2.37 bits per heavy atom. The first-order valence-electron chi connectivity index (χ1n) is 7.32. The summed E-state index contributed by atoms with van der Waals surface area (Å²) >= 11 is 0. The molecule has 2 unspecified atom stereocenters. The van der Waals surface area contributed by atoms with Crippen LogP contribution in [0.4, 0.5) is 0 Å². The Hall–Kier alpha value is -0.420. The van der Waals surface area contributed by atoms with E-state index in [0.717, 1.165) is 38.5 Å². The number of rotatable bonds is 4. The summed E-state index contributed by atoms with van der Waals surface area (Å²) in [6, 6.07) is 0. The summed E-state index contributed by atoms with van der Waals surface area (Å²) in [5, 5.41) is -0.327. The molecule has 2 fully saturated rings. The fourth-order valence-corrected chi connectivity index (χ4v) is 4.98. The van der Waals surface area contributed by atoms with E-state index >= 15 is 0 Å². The van der Waals surface area contributed by atoms with Gasteiger partial charge in [0.2, 0.25) is 0 Å². The summed E-state index contributed by atoms with van der Waals surface area (Å²) in [7, 11) is -3.03. The molecule has 5 heteroatoms. The Kier molecular flexibility index (Phi) is 4.35. The van der Waals surface area contributed by atoms with Crippen LogP contribution in [0.1, 0.15) is 51.4 Å². The molecule has 2 aliphatic rings. The molecule has 0 aromatic carbocycles. The fraction of sp³-hybridized carbons (Fsp3) is 0.929. The summed E-state index contributed by atoms with van der Waals surface area (Å²) < 4.78 is 23.4. The molecule has 2 aliphatic carbocycles. The molecular formula is C14H25NO3S. The molecule has 2 atom stereocenters. The fourth-order valence-electron chi connectivity index (χ4n) is 3.81. The van der Waals surface area contributed by atoms with Crippen molar-refractivity contribution in [2.24, 2.45) is 17.1 Å². The summed E-state index contributed by atoms with van der Waals surface area (Å²) in [5.41, 5.74) is 5.51. The third kappa shape index (κ3) is 3.02. The van der Waals surface area contributed by atoms with E-state index in [4.69, 9.17) is 5.73 Å². The minimum atomic E-state index is -3.03. The molecule has 0 aromatic rings. The maximum Gasteiger partial charge on any atom is 0.150 e. The van der Waals surface area contributed by atoms with E-state index in [9.17, 15) is 13.2 Å². The largest absolute Gasteiger partial charge is 0.329 e. The average Bonchev–Trinajstić information content (AvgIpc) is 2.87. The highest BCUT2D eigenvalue weighted by atomic mass is 32.2. The van der Waals surface area contributed by atoms with Gasteiger partial charge in [0.25, 0.3) is 0 Å². The second-order valence-corrected chi connectivity index (χ2v) is 8.70. The Balaban J connectivity index is 2.11. The highest BCUT2D eigenvalue weighted by molar-refractivity contribution is 7.91. The Morgan fingerprint density at radius 1 is 1.21 bits per heavy atom. The predicted octanol–water partition coefficient (Wildman–Crippen LogP) is 1.68. The molecule has 0 aliphatic heterocycles. The van der Waals surface area contributed by atoms with E-state index in [0.29, 0.717) is 19.4 Å². The van der Waals surface area contributed by atoms with Crippen LogP contribution in [0.3, 0.4) is 0 Å². The van der Waals surface area contributed by atoms with Crippen LogP contribution in [0.5, 0.6) is 0 Å². The van der Waals surface area contributed by atoms with Gasteiger partial charge in [-0.2, -0.15) is 0 Å². The molecule has 0 radical (unpaired) electrons. The number of sulfone groups is 1. The Labute approximate surface area is 116 Å². The van der Waals surface area contributed by atoms with Gasteiger partial charge in [-0.15, -0.1) is 0 Å². The third-order valence-electron chi connectivity index (χ3n) is 5.08. The van der Waals surface area contributed by atoms with E-state index in [1.54, 1.807) is 0 Å². The number of carbonyl (C=O) groups is 1. The van der Waals surface area contributed by atoms with Gasteiger partial charge in [-0.05, 0) is 32.1 Å². The van der Waals surface area contributed by atoms with Crippen molar-refractivity contribution < 1.29 is 13.2 Å². The zero-order valence-corrected chi connectivity index (χ0v) is 12.5. The molecule has 0 saturated heterocycles. The quantitative estimate of drug-likeness (QED) is 0.853. The van der Waals surface area contributed by atoms with E-state index in [2.05, 4.69) is 0 Å². The van der Waals surface area contributed by atoms with Gasteiger partial charge in [-0.1, -0.05) is 19.3 Å². The van der Waals surface area contributed by atoms with E-state index in [1.165, 1.54) is 6.26 Å². The maximum absolute atomic E-state index is 12.8. The molecule has 0 amide bonds. The summed E-state index contributed by atoms with van der Waals surface area (Å²) in [4.78, 5) is 12.8. The average molecular weight is 287 g/mol. The first kappa shape index (κ1) is 15.0. The molecular weight excluding hydrogens is 262 g/mol. The molecule has 2 saturated carbocycles. The number of Topliss-reactive ketones (excluding diaryl/α,β-unsaturated/α-hetero) is 1. The number of ketones is 1. The van der Waals surface area contributed by atoms with Crippen molar-refractivity contribution in [1.82, 2.24) is 0 Å². The zero-order chi connectivity index (χ0) is 14.1. The van der Waals surface area contributed by atoms with Crippen LogP contribution < -0.4 is 5.73 Å². The second-order valence-electron chi connectivity index (χ2n) is 6.37. The van der Waals surface area contributed by atoms with Gasteiger partial charge in [-0.25, -0.2) is 8.42 Å². The Bertz CT molecular complexity index is 438. The van der Waals surface area contributed by atoms with E-state index < -0.39 is 9.84 Å². The topological polar surface area (TPSA) is 77.2 Å². The van der Waals surface area contributed by atoms with Crippen molar-refractivity contribution in [2.45, 2.75) is 56.6 Å². The van der Waals surface area contributed by atoms with Crippen molar-refractivity contribution in [3.05, 3.63) is 0 Å². The van der Waals surface area contributed by atoms with Crippen LogP contribution in [-0.2, 0) is 14.6 Å². The van der Waals surface area contributed by atoms with Gasteiger partial charge in [0, 0.05) is 24.1 Å². The highest BCUT2D eigenvalue weighted by Crippen LogP contribution is 2.43. The molecule has 2 rings (SSSR count). The standard InChI is InChI=1S/C14H25NO3S/c1-19(17,18)12-6-4-5-11(9-12)13(16)14(10-15)7-2-3-8-14/h11-12H,2-10,15H2,1H3. The summed E-state index contributed by atoms with van der Waals surface area (Å²) in [6.07, 6.45) is 8.12. The first-order valence-corrected chi connectivity index (χ1v) is 9.28. The van der Waals surface area contributed by atoms with Crippen LogP contribution >= 0.6 is 0 Å². The van der Waals surface area contributed by atoms with Gasteiger partial charge in [-0.3, -0.25) is 4.79 Å². The van der Waals surface area contributed by atoms with Gasteiger partial charge in [0.15, 0.2) is 0 Å². The normalized spacial score (nSPS) is 31.3. The third-order valence-corrected chi connectivity index (χ3v) is 6.72. The lowest BCUT2D eigenvalue weighted by Crippen LogP contribution is -2.43. The number of hydrogen-bond donors (Lipinski definition) is 1. The summed E-state index contributed by atoms with van der Waals surface area (Å²) in [5.74, 6) is 0.163. The van der Waals surface area contributed by atoms with Crippen LogP contribution in [0.15, 0.2) is 0 Å². The lowest BCUT2D eigenvalue weighted by Gasteiger charge is -2.34. The van der Waals surface area contributed by atoms with Crippen LogP contribution in [0.25, 0.3) is 0 Å². The zero-order valence-electron chi connectivity index (χ0n) is 11.7. The molecule has 19 heavy (non-hydrogen) atoms. The van der Waals surface area contributed by atoms with Crippen LogP contribution in [-0.4, -0.2) is 32.3 Å². The molecule has 0 bridgehead atoms. The van der Waals surface area contributed by atoms with Crippen molar-refractivity contribution >= 4 is 15.6 Å². The van der Waals surface area contributed by atoms with Crippen molar-refractivity contribution in [1.29, 1.82) is 0 Å². The predicted molar refractivity (Wildman–Crippen MR) is 75.6 cm³/mol. The number of carbonyl (C=O) groups excluding carboxylic acids is 1. The minimum Gasteiger partial charge on any atom is -0.329 e. The van der Waals surface area contributed by atoms with Gasteiger partial charge >= 0.3 is 0 Å². The van der Waals surface area contributed by atoms with Crippen LogP contribution in [0, 0.1) is 11.3 Å². The van der Waals surface area contributed by atoms with E-state index in [-0.39, 0.29) is 22.4 Å². The molecule has 110 valence electrons. The first-order chi connectivity index (χ1) is 8.89. The molecule has 0 aromatic heterocycles. The van der Waals surface area contributed by atoms with Gasteiger partial charge in [0.1, 0.15) is 15.6 Å². The molecule has 0 spiro atoms. The van der Waals surface area contributed by atoms with Crippen molar-refractivity contribution in [2.75, 3.05) is 12.8 Å². The van der Waals surface area contributed by atoms with Crippen molar-refractivity contribution in [3.8, 4) is 0 Å². The SMILES string of the molecule is CS(=O)(=O)C1CCCC(C(=O)C2(CN)CCCC2)C1. The molecule has 4 nitrogen and oxygen atoms in total. The Morgan fingerprint density at radius 2 is 1.84 bits per heavy atom. The molecule has 0 heterocycles. The molecule has 2 N–H and O–H groups in total. The lowest BCUT2D eigenvalue weighted by atomic mass is 9.72. The monoisotopic (exact) mass is 287 g/mol. The number of nitrogens with two attached hydrogens (primary N) is 1. The highest BCUT2D eigenvalue weighted by Gasteiger charge is 2.44. The maximum atomic E-state index is 12.8. The smallest absolute Gasteiger partial charge is 0.150 e. The van der Waals surface area contributed by atoms with E-state index in [1.807, 2.05) is 0 Å².